The lowest BCUT2D eigenvalue weighted by Crippen LogP contribution is -2.24. The van der Waals surface area contributed by atoms with Gasteiger partial charge in [-0.2, -0.15) is 0 Å². The maximum atomic E-state index is 11.5. The summed E-state index contributed by atoms with van der Waals surface area (Å²) in [7, 11) is 1.32. The zero-order valence-corrected chi connectivity index (χ0v) is 11.7. The van der Waals surface area contributed by atoms with Gasteiger partial charge in [-0.3, -0.25) is 9.78 Å². The lowest BCUT2D eigenvalue weighted by atomic mass is 10.1. The van der Waals surface area contributed by atoms with Crippen LogP contribution in [0.2, 0.25) is 0 Å². The van der Waals surface area contributed by atoms with Crippen LogP contribution in [0.3, 0.4) is 0 Å². The molecule has 0 atom stereocenters. The zero-order chi connectivity index (χ0) is 14.5. The van der Waals surface area contributed by atoms with Crippen molar-refractivity contribution in [2.24, 2.45) is 0 Å². The summed E-state index contributed by atoms with van der Waals surface area (Å²) in [5, 5.41) is 0. The molecule has 1 rings (SSSR count). The van der Waals surface area contributed by atoms with Gasteiger partial charge < -0.3 is 9.47 Å². The molecule has 0 radical (unpaired) electrons. The molecular weight excluding hydrogens is 246 g/mol. The number of aryl methyl sites for hydroxylation is 1. The first-order valence-corrected chi connectivity index (χ1v) is 6.07. The highest BCUT2D eigenvalue weighted by Crippen LogP contribution is 2.10. The largest absolute Gasteiger partial charge is 0.465 e. The highest BCUT2D eigenvalue weighted by atomic mass is 16.6. The molecule has 0 aliphatic heterocycles. The summed E-state index contributed by atoms with van der Waals surface area (Å²) in [5.74, 6) is -0.683. The monoisotopic (exact) mass is 265 g/mol. The molecule has 5 nitrogen and oxygen atoms in total. The van der Waals surface area contributed by atoms with Crippen molar-refractivity contribution in [2.75, 3.05) is 7.11 Å². The Morgan fingerprint density at radius 1 is 1.26 bits per heavy atom. The van der Waals surface area contributed by atoms with Crippen LogP contribution in [0.1, 0.15) is 43.2 Å². The molecule has 0 saturated carbocycles. The van der Waals surface area contributed by atoms with Gasteiger partial charge in [0.15, 0.2) is 0 Å². The van der Waals surface area contributed by atoms with Crippen molar-refractivity contribution in [3.8, 4) is 0 Å². The first-order valence-electron chi connectivity index (χ1n) is 6.07. The number of carbonyl (C=O) groups is 2. The van der Waals surface area contributed by atoms with Crippen LogP contribution in [0.25, 0.3) is 0 Å². The van der Waals surface area contributed by atoms with Crippen LogP contribution in [0.15, 0.2) is 18.3 Å². The second-order valence-electron chi connectivity index (χ2n) is 5.12. The molecule has 0 amide bonds. The minimum absolute atomic E-state index is 0.258. The van der Waals surface area contributed by atoms with Gasteiger partial charge in [-0.25, -0.2) is 4.79 Å². The van der Waals surface area contributed by atoms with Crippen LogP contribution in [-0.4, -0.2) is 29.6 Å². The maximum Gasteiger partial charge on any atom is 0.339 e. The summed E-state index contributed by atoms with van der Waals surface area (Å²) < 4.78 is 9.77. The summed E-state index contributed by atoms with van der Waals surface area (Å²) in [6, 6.07) is 3.33. The number of methoxy groups -OCH3 is 1. The molecule has 1 heterocycles. The predicted octanol–water partition coefficient (Wildman–Crippen LogP) is 2.14. The number of ether oxygens (including phenoxy) is 2. The van der Waals surface area contributed by atoms with Gasteiger partial charge in [0.25, 0.3) is 0 Å². The minimum Gasteiger partial charge on any atom is -0.465 e. The Morgan fingerprint density at radius 2 is 1.95 bits per heavy atom. The Morgan fingerprint density at radius 3 is 2.42 bits per heavy atom. The fourth-order valence-electron chi connectivity index (χ4n) is 1.43. The van der Waals surface area contributed by atoms with Gasteiger partial charge in [0, 0.05) is 18.3 Å². The third-order valence-electron chi connectivity index (χ3n) is 2.25. The molecule has 0 aliphatic carbocycles. The molecule has 0 aromatic carbocycles. The van der Waals surface area contributed by atoms with E-state index in [1.165, 1.54) is 13.3 Å². The molecule has 5 heteroatoms. The van der Waals surface area contributed by atoms with Crippen LogP contribution in [-0.2, 0) is 20.7 Å². The van der Waals surface area contributed by atoms with E-state index in [-0.39, 0.29) is 12.4 Å². The van der Waals surface area contributed by atoms with E-state index in [9.17, 15) is 9.59 Å². The van der Waals surface area contributed by atoms with E-state index < -0.39 is 11.6 Å². The molecule has 0 bridgehead atoms. The molecule has 0 unspecified atom stereocenters. The van der Waals surface area contributed by atoms with Crippen LogP contribution < -0.4 is 0 Å². The standard InChI is InChI=1S/C14H19NO4/c1-14(2,3)19-12(16)8-7-11-6-5-10(9-15-11)13(17)18-4/h5-6,9H,7-8H2,1-4H3. The smallest absolute Gasteiger partial charge is 0.339 e. The Hall–Kier alpha value is -1.91. The van der Waals surface area contributed by atoms with Crippen LogP contribution in [0, 0.1) is 0 Å². The molecule has 1 aromatic rings. The van der Waals surface area contributed by atoms with Crippen LogP contribution in [0.4, 0.5) is 0 Å². The van der Waals surface area contributed by atoms with E-state index >= 15 is 0 Å². The fraction of sp³-hybridized carbons (Fsp3) is 0.500. The molecule has 0 spiro atoms. The molecule has 0 N–H and O–H groups in total. The van der Waals surface area contributed by atoms with Gasteiger partial charge in [0.05, 0.1) is 19.1 Å². The van der Waals surface area contributed by atoms with E-state index in [2.05, 4.69) is 9.72 Å². The van der Waals surface area contributed by atoms with E-state index in [1.54, 1.807) is 12.1 Å². The molecule has 19 heavy (non-hydrogen) atoms. The van der Waals surface area contributed by atoms with E-state index in [1.807, 2.05) is 20.8 Å². The topological polar surface area (TPSA) is 65.5 Å². The fourth-order valence-corrected chi connectivity index (χ4v) is 1.43. The number of esters is 2. The molecule has 0 aliphatic rings. The van der Waals surface area contributed by atoms with E-state index in [4.69, 9.17) is 4.74 Å². The quantitative estimate of drug-likeness (QED) is 0.780. The van der Waals surface area contributed by atoms with Crippen LogP contribution in [0.5, 0.6) is 0 Å². The summed E-state index contributed by atoms with van der Waals surface area (Å²) >= 11 is 0. The number of nitrogens with zero attached hydrogens (tertiary/aromatic N) is 1. The summed E-state index contributed by atoms with van der Waals surface area (Å²) in [6.45, 7) is 5.48. The molecule has 0 fully saturated rings. The number of carbonyl (C=O) groups excluding carboxylic acids is 2. The normalized spacial score (nSPS) is 10.9. The first-order chi connectivity index (χ1) is 8.81. The third-order valence-corrected chi connectivity index (χ3v) is 2.25. The number of hydrogen-bond acceptors (Lipinski definition) is 5. The summed E-state index contributed by atoms with van der Waals surface area (Å²) in [6.07, 6.45) is 2.19. The summed E-state index contributed by atoms with van der Waals surface area (Å²) in [5.41, 5.74) is 0.654. The highest BCUT2D eigenvalue weighted by molar-refractivity contribution is 5.88. The third kappa shape index (κ3) is 5.50. The predicted molar refractivity (Wildman–Crippen MR) is 69.7 cm³/mol. The van der Waals surface area contributed by atoms with Gasteiger partial charge in [-0.05, 0) is 32.9 Å². The average Bonchev–Trinajstić information content (AvgIpc) is 2.34. The number of hydrogen-bond donors (Lipinski definition) is 0. The Kier molecular flexibility index (Phi) is 5.03. The van der Waals surface area contributed by atoms with Crippen molar-refractivity contribution in [1.29, 1.82) is 0 Å². The van der Waals surface area contributed by atoms with Crippen LogP contribution >= 0.6 is 0 Å². The Bertz CT molecular complexity index is 446. The Balaban J connectivity index is 2.50. The van der Waals surface area contributed by atoms with Gasteiger partial charge in [-0.1, -0.05) is 0 Å². The van der Waals surface area contributed by atoms with Gasteiger partial charge >= 0.3 is 11.9 Å². The lowest BCUT2D eigenvalue weighted by molar-refractivity contribution is -0.154. The Labute approximate surface area is 112 Å². The second kappa shape index (κ2) is 6.31. The van der Waals surface area contributed by atoms with Crippen molar-refractivity contribution in [1.82, 2.24) is 4.98 Å². The van der Waals surface area contributed by atoms with Gasteiger partial charge in [0.2, 0.25) is 0 Å². The zero-order valence-electron chi connectivity index (χ0n) is 11.7. The first kappa shape index (κ1) is 15.1. The maximum absolute atomic E-state index is 11.5. The van der Waals surface area contributed by atoms with E-state index in [0.29, 0.717) is 12.0 Å². The minimum atomic E-state index is -0.473. The van der Waals surface area contributed by atoms with E-state index in [0.717, 1.165) is 5.69 Å². The van der Waals surface area contributed by atoms with Gasteiger partial charge in [0.1, 0.15) is 5.60 Å². The average molecular weight is 265 g/mol. The number of rotatable bonds is 4. The molecule has 1 aromatic heterocycles. The van der Waals surface area contributed by atoms with Crippen molar-refractivity contribution >= 4 is 11.9 Å². The van der Waals surface area contributed by atoms with Gasteiger partial charge in [-0.15, -0.1) is 0 Å². The second-order valence-corrected chi connectivity index (χ2v) is 5.12. The molecular formula is C14H19NO4. The lowest BCUT2D eigenvalue weighted by Gasteiger charge is -2.19. The highest BCUT2D eigenvalue weighted by Gasteiger charge is 2.16. The van der Waals surface area contributed by atoms with Crippen molar-refractivity contribution in [3.63, 3.8) is 0 Å². The molecule has 104 valence electrons. The number of pyridine rings is 1. The molecule has 0 saturated heterocycles. The van der Waals surface area contributed by atoms with Crippen molar-refractivity contribution < 1.29 is 19.1 Å². The van der Waals surface area contributed by atoms with Crippen molar-refractivity contribution in [3.05, 3.63) is 29.6 Å². The number of aromatic nitrogens is 1. The SMILES string of the molecule is COC(=O)c1ccc(CCC(=O)OC(C)(C)C)nc1. The summed E-state index contributed by atoms with van der Waals surface area (Å²) in [4.78, 5) is 26.8. The van der Waals surface area contributed by atoms with Crippen molar-refractivity contribution in [2.45, 2.75) is 39.2 Å².